The summed E-state index contributed by atoms with van der Waals surface area (Å²) in [5.74, 6) is 0.741. The van der Waals surface area contributed by atoms with Crippen LogP contribution in [0.25, 0.3) is 0 Å². The van der Waals surface area contributed by atoms with Crippen LogP contribution in [0.15, 0.2) is 24.3 Å². The molecule has 0 amide bonds. The van der Waals surface area contributed by atoms with Crippen LogP contribution < -0.4 is 0 Å². The number of phenols is 2. The Morgan fingerprint density at radius 2 is 1.07 bits per heavy atom. The maximum absolute atomic E-state index is 11.2. The average molecular weight is 429 g/mol. The third-order valence-electron chi connectivity index (χ3n) is 5.74. The lowest BCUT2D eigenvalue weighted by molar-refractivity contribution is 0.437. The van der Waals surface area contributed by atoms with Crippen LogP contribution in [0.1, 0.15) is 95.7 Å². The van der Waals surface area contributed by atoms with E-state index in [1.165, 1.54) is 11.1 Å². The molecule has 3 heteroatoms. The molecule has 0 spiro atoms. The summed E-state index contributed by atoms with van der Waals surface area (Å²) in [6, 6.07) is 8.54. The van der Waals surface area contributed by atoms with Crippen LogP contribution in [0.3, 0.4) is 0 Å². The van der Waals surface area contributed by atoms with Gasteiger partial charge in [0.2, 0.25) is 0 Å². The van der Waals surface area contributed by atoms with Crippen LogP contribution in [0.5, 0.6) is 11.5 Å². The van der Waals surface area contributed by atoms with Crippen molar-refractivity contribution in [3.05, 3.63) is 57.6 Å². The fraction of sp³-hybridized carbons (Fsp3) is 0.556. The normalized spacial score (nSPS) is 13.4. The smallest absolute Gasteiger partial charge is 0.122 e. The lowest BCUT2D eigenvalue weighted by Gasteiger charge is -2.28. The second kappa shape index (κ2) is 8.54. The molecule has 0 radical (unpaired) electrons. The van der Waals surface area contributed by atoms with Gasteiger partial charge in [-0.3, -0.25) is 0 Å². The van der Waals surface area contributed by atoms with Crippen molar-refractivity contribution in [1.29, 1.82) is 0 Å². The van der Waals surface area contributed by atoms with E-state index in [-0.39, 0.29) is 16.2 Å². The Hall–Kier alpha value is -1.53. The number of aromatic hydroxyl groups is 2. The third kappa shape index (κ3) is 5.58. The number of hydrogen-bond donors (Lipinski definition) is 2. The van der Waals surface area contributed by atoms with Gasteiger partial charge in [-0.15, -0.1) is 8.58 Å². The quantitative estimate of drug-likeness (QED) is 0.498. The Labute approximate surface area is 185 Å². The fourth-order valence-electron chi connectivity index (χ4n) is 3.69. The van der Waals surface area contributed by atoms with Gasteiger partial charge in [-0.2, -0.15) is 0 Å². The van der Waals surface area contributed by atoms with Gasteiger partial charge in [0.15, 0.2) is 0 Å². The molecule has 2 aromatic rings. The van der Waals surface area contributed by atoms with E-state index < -0.39 is 0 Å². The van der Waals surface area contributed by atoms with E-state index >= 15 is 0 Å². The van der Waals surface area contributed by atoms with E-state index in [9.17, 15) is 10.2 Å². The molecule has 30 heavy (non-hydrogen) atoms. The van der Waals surface area contributed by atoms with E-state index in [0.29, 0.717) is 17.9 Å². The molecule has 2 nitrogen and oxygen atoms in total. The van der Waals surface area contributed by atoms with Gasteiger partial charge in [0.05, 0.1) is 0 Å². The van der Waals surface area contributed by atoms with Gasteiger partial charge >= 0.3 is 0 Å². The molecule has 2 N–H and O–H groups in total. The van der Waals surface area contributed by atoms with Crippen molar-refractivity contribution in [3.63, 3.8) is 0 Å². The highest BCUT2D eigenvalue weighted by Gasteiger charge is 2.26. The highest BCUT2D eigenvalue weighted by molar-refractivity contribution is 7.36. The van der Waals surface area contributed by atoms with Crippen LogP contribution in [-0.4, -0.2) is 16.9 Å². The van der Waals surface area contributed by atoms with Crippen LogP contribution in [0.4, 0.5) is 0 Å². The van der Waals surface area contributed by atoms with Crippen molar-refractivity contribution in [2.24, 2.45) is 0 Å². The lowest BCUT2D eigenvalue weighted by atomic mass is 9.78. The molecular weight excluding hydrogens is 387 g/mol. The minimum atomic E-state index is -0.163. The molecule has 2 rings (SSSR count). The highest BCUT2D eigenvalue weighted by atomic mass is 31.1. The molecular formula is C27H41O2P. The zero-order valence-corrected chi connectivity index (χ0v) is 21.6. The molecule has 0 saturated carbocycles. The summed E-state index contributed by atoms with van der Waals surface area (Å²) >= 11 is 0. The summed E-state index contributed by atoms with van der Waals surface area (Å²) in [5.41, 5.74) is 6.02. The molecule has 166 valence electrons. The predicted octanol–water partition coefficient (Wildman–Crippen LogP) is 7.39. The number of phenolic OH excluding ortho intramolecular Hbond substituents is 2. The number of hydrogen-bond acceptors (Lipinski definition) is 2. The van der Waals surface area contributed by atoms with Gasteiger partial charge in [0, 0.05) is 6.42 Å². The van der Waals surface area contributed by atoms with Crippen molar-refractivity contribution in [2.45, 2.75) is 91.1 Å². The summed E-state index contributed by atoms with van der Waals surface area (Å²) in [7, 11) is 0.745. The zero-order valence-electron chi connectivity index (χ0n) is 20.6. The molecule has 0 bridgehead atoms. The van der Waals surface area contributed by atoms with Crippen molar-refractivity contribution in [1.82, 2.24) is 0 Å². The summed E-state index contributed by atoms with van der Waals surface area (Å²) in [4.78, 5) is 0. The van der Waals surface area contributed by atoms with Gasteiger partial charge in [-0.1, -0.05) is 86.6 Å². The molecule has 0 aliphatic carbocycles. The maximum Gasteiger partial charge on any atom is 0.122 e. The second-order valence-electron chi connectivity index (χ2n) is 11.6. The first-order chi connectivity index (χ1) is 13.6. The fourth-order valence-corrected chi connectivity index (χ4v) is 4.34. The van der Waals surface area contributed by atoms with Crippen LogP contribution in [-0.2, 0) is 28.8 Å². The molecule has 0 saturated heterocycles. The first-order valence-corrected chi connectivity index (χ1v) is 12.6. The summed E-state index contributed by atoms with van der Waals surface area (Å²) in [6.07, 6.45) is 1.40. The first-order valence-electron chi connectivity index (χ1n) is 10.9. The minimum Gasteiger partial charge on any atom is -0.507 e. The molecule has 1 unspecified atom stereocenters. The largest absolute Gasteiger partial charge is 0.507 e. The van der Waals surface area contributed by atoms with Crippen molar-refractivity contribution >= 4 is 8.58 Å². The topological polar surface area (TPSA) is 40.5 Å². The van der Waals surface area contributed by atoms with Gasteiger partial charge in [-0.05, 0) is 62.5 Å². The van der Waals surface area contributed by atoms with Crippen LogP contribution >= 0.6 is 8.58 Å². The van der Waals surface area contributed by atoms with Gasteiger partial charge in [0.25, 0.3) is 0 Å². The van der Waals surface area contributed by atoms with E-state index in [0.717, 1.165) is 37.0 Å². The monoisotopic (exact) mass is 428 g/mol. The molecule has 2 aromatic carbocycles. The SMILES string of the molecule is CPCc1cc(C(C)(C)C)cc(Cc2cc(C(C)(C)C)cc(C(C)(C)C)c2O)c1O. The number of rotatable bonds is 4. The summed E-state index contributed by atoms with van der Waals surface area (Å²) in [6.45, 7) is 21.8. The molecule has 0 fully saturated rings. The zero-order chi connectivity index (χ0) is 23.1. The Bertz CT molecular complexity index is 906. The molecule has 1 atom stereocenters. The van der Waals surface area contributed by atoms with Gasteiger partial charge in [-0.25, -0.2) is 0 Å². The average Bonchev–Trinajstić information content (AvgIpc) is 2.57. The summed E-state index contributed by atoms with van der Waals surface area (Å²) in [5, 5.41) is 22.2. The second-order valence-corrected chi connectivity index (χ2v) is 12.7. The number of benzene rings is 2. The van der Waals surface area contributed by atoms with E-state index in [1.807, 2.05) is 0 Å². The maximum atomic E-state index is 11.2. The molecule has 0 aromatic heterocycles. The highest BCUT2D eigenvalue weighted by Crippen LogP contribution is 2.41. The standard InChI is InChI=1S/C27H41O2P/c1-25(2,3)20-12-17(23(28)19(14-20)16-30-10)11-18-13-21(26(4,5)6)15-22(24(18)29)27(7,8)9/h12-15,28-30H,11,16H2,1-10H3. The third-order valence-corrected chi connectivity index (χ3v) is 6.48. The predicted molar refractivity (Wildman–Crippen MR) is 133 cm³/mol. The van der Waals surface area contributed by atoms with Crippen LogP contribution in [0.2, 0.25) is 0 Å². The lowest BCUT2D eigenvalue weighted by Crippen LogP contribution is -2.17. The van der Waals surface area contributed by atoms with Gasteiger partial charge < -0.3 is 10.2 Å². The van der Waals surface area contributed by atoms with Crippen molar-refractivity contribution in [3.8, 4) is 11.5 Å². The summed E-state index contributed by atoms with van der Waals surface area (Å²) < 4.78 is 0. The molecule has 0 heterocycles. The Morgan fingerprint density at radius 1 is 0.633 bits per heavy atom. The molecule has 0 aliphatic rings. The Balaban J connectivity index is 2.71. The van der Waals surface area contributed by atoms with Crippen molar-refractivity contribution in [2.75, 3.05) is 6.66 Å². The first kappa shape index (κ1) is 24.7. The van der Waals surface area contributed by atoms with E-state index in [2.05, 4.69) is 93.2 Å². The minimum absolute atomic E-state index is 0.0000744. The van der Waals surface area contributed by atoms with Crippen molar-refractivity contribution < 1.29 is 10.2 Å². The van der Waals surface area contributed by atoms with E-state index in [1.54, 1.807) is 0 Å². The molecule has 0 aliphatic heterocycles. The Kier molecular flexibility index (Phi) is 7.04. The Morgan fingerprint density at radius 3 is 1.50 bits per heavy atom. The van der Waals surface area contributed by atoms with Crippen LogP contribution in [0, 0.1) is 0 Å². The van der Waals surface area contributed by atoms with E-state index in [4.69, 9.17) is 0 Å². The van der Waals surface area contributed by atoms with Gasteiger partial charge in [0.1, 0.15) is 11.5 Å².